The van der Waals surface area contributed by atoms with Crippen LogP contribution in [0.3, 0.4) is 0 Å². The van der Waals surface area contributed by atoms with E-state index >= 15 is 0 Å². The number of aromatic carboxylic acids is 1. The Kier molecular flexibility index (Phi) is 5.89. The normalized spacial score (nSPS) is 19.5. The van der Waals surface area contributed by atoms with Gasteiger partial charge in [-0.25, -0.2) is 18.2 Å². The molecule has 0 amide bonds. The summed E-state index contributed by atoms with van der Waals surface area (Å²) in [5, 5.41) is 9.37. The van der Waals surface area contributed by atoms with Gasteiger partial charge in [-0.3, -0.25) is 4.31 Å². The van der Waals surface area contributed by atoms with Crippen LogP contribution >= 0.6 is 0 Å². The summed E-state index contributed by atoms with van der Waals surface area (Å²) < 4.78 is 29.7. The highest BCUT2D eigenvalue weighted by Crippen LogP contribution is 2.39. The topological polar surface area (TPSA) is 100 Å². The number of carbonyl (C=O) groups is 1. The average Bonchev–Trinajstić information content (AvgIpc) is 3.24. The first-order valence-corrected chi connectivity index (χ1v) is 9.91. The van der Waals surface area contributed by atoms with E-state index in [4.69, 9.17) is 4.74 Å². The lowest BCUT2D eigenvalue weighted by Gasteiger charge is -2.26. The van der Waals surface area contributed by atoms with E-state index in [-0.39, 0.29) is 11.4 Å². The first kappa shape index (κ1) is 19.5. The van der Waals surface area contributed by atoms with Crippen LogP contribution in [-0.2, 0) is 14.8 Å². The molecule has 1 aromatic rings. The summed E-state index contributed by atoms with van der Waals surface area (Å²) in [5.74, 6) is 0.567. The molecule has 0 spiro atoms. The van der Waals surface area contributed by atoms with Gasteiger partial charge in [-0.1, -0.05) is 6.92 Å². The zero-order valence-corrected chi connectivity index (χ0v) is 15.8. The summed E-state index contributed by atoms with van der Waals surface area (Å²) in [4.78, 5) is 17.8. The summed E-state index contributed by atoms with van der Waals surface area (Å²) in [5.41, 5.74) is 0.00163. The Hall–Kier alpha value is -1.87. The molecule has 2 atom stereocenters. The number of hydrogen-bond acceptors (Lipinski definition) is 6. The van der Waals surface area contributed by atoms with Gasteiger partial charge < -0.3 is 14.7 Å². The maximum Gasteiger partial charge on any atom is 0.335 e. The zero-order chi connectivity index (χ0) is 18.8. The van der Waals surface area contributed by atoms with Gasteiger partial charge >= 0.3 is 5.97 Å². The molecule has 25 heavy (non-hydrogen) atoms. The lowest BCUT2D eigenvalue weighted by atomic mass is 10.2. The van der Waals surface area contributed by atoms with Crippen LogP contribution < -0.4 is 9.21 Å². The van der Waals surface area contributed by atoms with Crippen LogP contribution in [0.2, 0.25) is 0 Å². The van der Waals surface area contributed by atoms with E-state index in [1.807, 2.05) is 4.90 Å². The summed E-state index contributed by atoms with van der Waals surface area (Å²) >= 11 is 0. The number of rotatable bonds is 9. The molecule has 0 aliphatic heterocycles. The summed E-state index contributed by atoms with van der Waals surface area (Å²) in [6.45, 7) is 3.93. The molecule has 1 aromatic heterocycles. The van der Waals surface area contributed by atoms with Gasteiger partial charge in [-0.05, 0) is 30.4 Å². The lowest BCUT2D eigenvalue weighted by Crippen LogP contribution is -2.32. The second-order valence-electron chi connectivity index (χ2n) is 6.52. The van der Waals surface area contributed by atoms with Crippen molar-refractivity contribution >= 4 is 27.6 Å². The quantitative estimate of drug-likeness (QED) is 0.698. The fourth-order valence-corrected chi connectivity index (χ4v) is 2.99. The van der Waals surface area contributed by atoms with Crippen molar-refractivity contribution in [2.75, 3.05) is 49.3 Å². The van der Waals surface area contributed by atoms with Crippen molar-refractivity contribution < 1.29 is 23.1 Å². The Balaban J connectivity index is 2.41. The molecular formula is C16H25N3O5S. The van der Waals surface area contributed by atoms with Crippen molar-refractivity contribution in [2.45, 2.75) is 13.3 Å². The van der Waals surface area contributed by atoms with Crippen LogP contribution in [0.5, 0.6) is 0 Å². The summed E-state index contributed by atoms with van der Waals surface area (Å²) in [6.07, 6.45) is 2.18. The van der Waals surface area contributed by atoms with Crippen LogP contribution in [0.1, 0.15) is 23.7 Å². The number of nitrogens with zero attached hydrogens (tertiary/aromatic N) is 3. The minimum Gasteiger partial charge on any atom is -0.478 e. The zero-order valence-electron chi connectivity index (χ0n) is 15.0. The SMILES string of the molecule is COCCN(C[C@H]1C[C@@H]1C)c1cc(C(=O)O)cc(N(C)S(C)(=O)=O)n1. The smallest absolute Gasteiger partial charge is 0.335 e. The van der Waals surface area contributed by atoms with E-state index in [2.05, 4.69) is 11.9 Å². The van der Waals surface area contributed by atoms with Crippen molar-refractivity contribution in [3.63, 3.8) is 0 Å². The van der Waals surface area contributed by atoms with Gasteiger partial charge in [0.2, 0.25) is 10.0 Å². The standard InChI is InChI=1S/C16H25N3O5S/c1-11-7-13(11)10-19(5-6-24-3)15-9-12(16(20)21)8-14(17-15)18(2)25(4,22)23/h8-9,11,13H,5-7,10H2,1-4H3,(H,20,21)/t11-,13+/m0/s1. The number of anilines is 2. The Morgan fingerprint density at radius 2 is 2.00 bits per heavy atom. The fourth-order valence-electron chi connectivity index (χ4n) is 2.56. The van der Waals surface area contributed by atoms with E-state index < -0.39 is 16.0 Å². The minimum atomic E-state index is -3.54. The van der Waals surface area contributed by atoms with Gasteiger partial charge in [0.1, 0.15) is 11.6 Å². The van der Waals surface area contributed by atoms with Crippen LogP contribution in [-0.4, -0.2) is 64.6 Å². The number of methoxy groups -OCH3 is 1. The highest BCUT2D eigenvalue weighted by atomic mass is 32.2. The molecule has 0 aromatic carbocycles. The Bertz CT molecular complexity index is 737. The summed E-state index contributed by atoms with van der Waals surface area (Å²) in [7, 11) is -0.587. The molecule has 1 fully saturated rings. The third-order valence-corrected chi connectivity index (χ3v) is 5.67. The summed E-state index contributed by atoms with van der Waals surface area (Å²) in [6, 6.07) is 2.74. The Morgan fingerprint density at radius 3 is 2.48 bits per heavy atom. The van der Waals surface area contributed by atoms with Gasteiger partial charge in [0, 0.05) is 27.2 Å². The van der Waals surface area contributed by atoms with E-state index in [1.54, 1.807) is 7.11 Å². The Labute approximate surface area is 148 Å². The van der Waals surface area contributed by atoms with Gasteiger partial charge in [0.05, 0.1) is 18.4 Å². The number of carboxylic acid groups (broad SMARTS) is 1. The van der Waals surface area contributed by atoms with Crippen molar-refractivity contribution in [1.29, 1.82) is 0 Å². The second kappa shape index (κ2) is 7.57. The number of carboxylic acids is 1. The lowest BCUT2D eigenvalue weighted by molar-refractivity contribution is 0.0697. The third kappa shape index (κ3) is 5.05. The molecule has 1 saturated carbocycles. The second-order valence-corrected chi connectivity index (χ2v) is 8.53. The maximum absolute atomic E-state index is 11.8. The molecule has 1 aliphatic carbocycles. The van der Waals surface area contributed by atoms with Crippen molar-refractivity contribution in [2.24, 2.45) is 11.8 Å². The molecule has 9 heteroatoms. The highest BCUT2D eigenvalue weighted by molar-refractivity contribution is 7.92. The van der Waals surface area contributed by atoms with Gasteiger partial charge in [0.15, 0.2) is 0 Å². The van der Waals surface area contributed by atoms with Crippen LogP contribution in [0, 0.1) is 11.8 Å². The first-order chi connectivity index (χ1) is 11.6. The van der Waals surface area contributed by atoms with Gasteiger partial charge in [-0.15, -0.1) is 0 Å². The number of aromatic nitrogens is 1. The van der Waals surface area contributed by atoms with Crippen LogP contribution in [0.15, 0.2) is 12.1 Å². The highest BCUT2D eigenvalue weighted by Gasteiger charge is 2.34. The largest absolute Gasteiger partial charge is 0.478 e. The van der Waals surface area contributed by atoms with E-state index in [1.165, 1.54) is 19.2 Å². The fraction of sp³-hybridized carbons (Fsp3) is 0.625. The molecule has 1 heterocycles. The third-order valence-electron chi connectivity index (χ3n) is 4.49. The van der Waals surface area contributed by atoms with Crippen molar-refractivity contribution in [3.8, 4) is 0 Å². The Morgan fingerprint density at radius 1 is 1.40 bits per heavy atom. The number of pyridine rings is 1. The molecule has 0 bridgehead atoms. The molecule has 1 N–H and O–H groups in total. The first-order valence-electron chi connectivity index (χ1n) is 8.06. The molecule has 0 saturated heterocycles. The van der Waals surface area contributed by atoms with Crippen molar-refractivity contribution in [1.82, 2.24) is 4.98 Å². The average molecular weight is 371 g/mol. The molecule has 0 radical (unpaired) electrons. The predicted octanol–water partition coefficient (Wildman–Crippen LogP) is 1.28. The number of sulfonamides is 1. The van der Waals surface area contributed by atoms with E-state index in [0.29, 0.717) is 30.8 Å². The van der Waals surface area contributed by atoms with Gasteiger partial charge in [-0.2, -0.15) is 0 Å². The molecule has 140 valence electrons. The monoisotopic (exact) mass is 371 g/mol. The van der Waals surface area contributed by atoms with Crippen LogP contribution in [0.25, 0.3) is 0 Å². The predicted molar refractivity (Wildman–Crippen MR) is 95.8 cm³/mol. The number of hydrogen-bond donors (Lipinski definition) is 1. The minimum absolute atomic E-state index is 0.00163. The number of ether oxygens (including phenoxy) is 1. The molecule has 8 nitrogen and oxygen atoms in total. The molecule has 0 unspecified atom stereocenters. The molecule has 1 aliphatic rings. The molecule has 2 rings (SSSR count). The molecular weight excluding hydrogens is 346 g/mol. The van der Waals surface area contributed by atoms with E-state index in [0.717, 1.165) is 23.5 Å². The van der Waals surface area contributed by atoms with E-state index in [9.17, 15) is 18.3 Å². The van der Waals surface area contributed by atoms with Crippen molar-refractivity contribution in [3.05, 3.63) is 17.7 Å². The maximum atomic E-state index is 11.8. The van der Waals surface area contributed by atoms with Crippen LogP contribution in [0.4, 0.5) is 11.6 Å². The van der Waals surface area contributed by atoms with Gasteiger partial charge in [0.25, 0.3) is 0 Å².